The number of carbonyl (C=O) groups is 1. The summed E-state index contributed by atoms with van der Waals surface area (Å²) in [5, 5.41) is 16.9. The van der Waals surface area contributed by atoms with E-state index in [0.29, 0.717) is 5.56 Å². The number of hydrogen-bond acceptors (Lipinski definition) is 3. The summed E-state index contributed by atoms with van der Waals surface area (Å²) in [7, 11) is 0. The van der Waals surface area contributed by atoms with E-state index in [0.717, 1.165) is 31.7 Å². The SMILES string of the molecule is CCc1ccc2c(c1)[C@@H](NC[C@H](O)[C@H](Cc1cc(F)cc(F)c1)NC(=O)CCl)CCC2. The minimum absolute atomic E-state index is 0.0847. The number of halogens is 3. The summed E-state index contributed by atoms with van der Waals surface area (Å²) < 4.78 is 27.2. The molecule has 0 unspecified atom stereocenters. The minimum atomic E-state index is -0.960. The minimum Gasteiger partial charge on any atom is -0.390 e. The lowest BCUT2D eigenvalue weighted by molar-refractivity contribution is -0.120. The third kappa shape index (κ3) is 6.48. The van der Waals surface area contributed by atoms with Crippen molar-refractivity contribution in [3.63, 3.8) is 0 Å². The molecule has 1 aliphatic rings. The molecule has 3 rings (SSSR count). The Labute approximate surface area is 187 Å². The zero-order chi connectivity index (χ0) is 22.4. The van der Waals surface area contributed by atoms with Crippen LogP contribution in [0.5, 0.6) is 0 Å². The van der Waals surface area contributed by atoms with Crippen molar-refractivity contribution in [3.05, 3.63) is 70.3 Å². The maximum atomic E-state index is 13.6. The zero-order valence-electron chi connectivity index (χ0n) is 17.6. The molecule has 0 bridgehead atoms. The molecule has 3 N–H and O–H groups in total. The van der Waals surface area contributed by atoms with Gasteiger partial charge in [-0.2, -0.15) is 0 Å². The van der Waals surface area contributed by atoms with E-state index in [1.165, 1.54) is 28.8 Å². The number of aliphatic hydroxyl groups excluding tert-OH is 1. The molecule has 7 heteroatoms. The van der Waals surface area contributed by atoms with E-state index in [9.17, 15) is 18.7 Å². The lowest BCUT2D eigenvalue weighted by Gasteiger charge is -2.30. The maximum Gasteiger partial charge on any atom is 0.235 e. The van der Waals surface area contributed by atoms with Crippen LogP contribution in [0.3, 0.4) is 0 Å². The van der Waals surface area contributed by atoms with Crippen molar-refractivity contribution in [1.82, 2.24) is 10.6 Å². The van der Waals surface area contributed by atoms with Gasteiger partial charge in [0, 0.05) is 18.7 Å². The summed E-state index contributed by atoms with van der Waals surface area (Å²) in [6.45, 7) is 2.35. The molecule has 1 aliphatic carbocycles. The summed E-state index contributed by atoms with van der Waals surface area (Å²) in [6, 6.07) is 9.14. The van der Waals surface area contributed by atoms with Gasteiger partial charge in [-0.3, -0.25) is 4.79 Å². The number of aryl methyl sites for hydroxylation is 2. The second kappa shape index (κ2) is 11.0. The molecule has 31 heavy (non-hydrogen) atoms. The number of fused-ring (bicyclic) bond motifs is 1. The first kappa shape index (κ1) is 23.6. The first-order valence-corrected chi connectivity index (χ1v) is 11.3. The van der Waals surface area contributed by atoms with E-state index in [1.807, 2.05) is 0 Å². The zero-order valence-corrected chi connectivity index (χ0v) is 18.4. The summed E-state index contributed by atoms with van der Waals surface area (Å²) in [5.74, 6) is -2.10. The van der Waals surface area contributed by atoms with Crippen molar-refractivity contribution in [1.29, 1.82) is 0 Å². The molecule has 2 aromatic carbocycles. The predicted octanol–water partition coefficient (Wildman–Crippen LogP) is 3.82. The van der Waals surface area contributed by atoms with Gasteiger partial charge in [0.1, 0.15) is 17.5 Å². The Balaban J connectivity index is 1.70. The molecule has 0 radical (unpaired) electrons. The second-order valence-corrected chi connectivity index (χ2v) is 8.36. The van der Waals surface area contributed by atoms with E-state index >= 15 is 0 Å². The van der Waals surface area contributed by atoms with Gasteiger partial charge in [-0.15, -0.1) is 11.6 Å². The van der Waals surface area contributed by atoms with E-state index < -0.39 is 29.7 Å². The molecule has 0 fully saturated rings. The Morgan fingerprint density at radius 3 is 2.61 bits per heavy atom. The summed E-state index contributed by atoms with van der Waals surface area (Å²) in [5.41, 5.74) is 4.20. The molecular weight excluding hydrogens is 422 g/mol. The van der Waals surface area contributed by atoms with E-state index in [-0.39, 0.29) is 24.9 Å². The highest BCUT2D eigenvalue weighted by Gasteiger charge is 2.25. The number of nitrogens with one attached hydrogen (secondary N) is 2. The molecule has 2 aromatic rings. The lowest BCUT2D eigenvalue weighted by Crippen LogP contribution is -2.49. The van der Waals surface area contributed by atoms with Crippen molar-refractivity contribution in [3.8, 4) is 0 Å². The van der Waals surface area contributed by atoms with E-state index in [2.05, 4.69) is 35.8 Å². The normalized spacial score (nSPS) is 17.6. The maximum absolute atomic E-state index is 13.6. The highest BCUT2D eigenvalue weighted by molar-refractivity contribution is 6.27. The number of carbonyl (C=O) groups excluding carboxylic acids is 1. The molecule has 4 nitrogen and oxygen atoms in total. The van der Waals surface area contributed by atoms with Gasteiger partial charge < -0.3 is 15.7 Å². The monoisotopic (exact) mass is 450 g/mol. The Hall–Kier alpha value is -2.02. The number of amides is 1. The molecule has 1 amide bonds. The Morgan fingerprint density at radius 1 is 1.19 bits per heavy atom. The molecular formula is C24H29ClF2N2O2. The average molecular weight is 451 g/mol. The highest BCUT2D eigenvalue weighted by Crippen LogP contribution is 2.30. The van der Waals surface area contributed by atoms with Gasteiger partial charge in [-0.05, 0) is 66.5 Å². The molecule has 0 aromatic heterocycles. The third-order valence-corrected chi connectivity index (χ3v) is 6.06. The largest absolute Gasteiger partial charge is 0.390 e. The van der Waals surface area contributed by atoms with Crippen LogP contribution in [0.4, 0.5) is 8.78 Å². The first-order valence-electron chi connectivity index (χ1n) is 10.7. The number of alkyl halides is 1. The molecule has 0 saturated heterocycles. The topological polar surface area (TPSA) is 61.4 Å². The number of aliphatic hydroxyl groups is 1. The van der Waals surface area contributed by atoms with E-state index in [1.54, 1.807) is 0 Å². The molecule has 168 valence electrons. The van der Waals surface area contributed by atoms with Gasteiger partial charge in [-0.1, -0.05) is 25.1 Å². The van der Waals surface area contributed by atoms with E-state index in [4.69, 9.17) is 11.6 Å². The summed E-state index contributed by atoms with van der Waals surface area (Å²) in [6.07, 6.45) is 3.14. The van der Waals surface area contributed by atoms with Crippen molar-refractivity contribution < 1.29 is 18.7 Å². The predicted molar refractivity (Wildman–Crippen MR) is 118 cm³/mol. The summed E-state index contributed by atoms with van der Waals surface area (Å²) in [4.78, 5) is 11.9. The molecule has 3 atom stereocenters. The second-order valence-electron chi connectivity index (χ2n) is 8.10. The van der Waals surface area contributed by atoms with Gasteiger partial charge in [0.05, 0.1) is 12.1 Å². The number of benzene rings is 2. The van der Waals surface area contributed by atoms with Crippen LogP contribution < -0.4 is 10.6 Å². The lowest BCUT2D eigenvalue weighted by atomic mass is 9.86. The van der Waals surface area contributed by atoms with Crippen LogP contribution in [0.15, 0.2) is 36.4 Å². The van der Waals surface area contributed by atoms with Crippen LogP contribution in [0.1, 0.15) is 48.1 Å². The van der Waals surface area contributed by atoms with Gasteiger partial charge in [0.25, 0.3) is 0 Å². The molecule has 0 heterocycles. The molecule has 0 saturated carbocycles. The Morgan fingerprint density at radius 2 is 1.94 bits per heavy atom. The average Bonchev–Trinajstić information content (AvgIpc) is 2.75. The first-order chi connectivity index (χ1) is 14.9. The Kier molecular flexibility index (Phi) is 8.41. The number of hydrogen-bond donors (Lipinski definition) is 3. The Bertz CT molecular complexity index is 889. The van der Waals surface area contributed by atoms with Crippen LogP contribution in [-0.4, -0.2) is 35.6 Å². The van der Waals surface area contributed by atoms with Crippen LogP contribution in [0.25, 0.3) is 0 Å². The fourth-order valence-corrected chi connectivity index (χ4v) is 4.27. The van der Waals surface area contributed by atoms with Crippen LogP contribution >= 0.6 is 11.6 Å². The van der Waals surface area contributed by atoms with Gasteiger partial charge in [0.2, 0.25) is 5.91 Å². The smallest absolute Gasteiger partial charge is 0.235 e. The van der Waals surface area contributed by atoms with Crippen molar-refractivity contribution in [2.45, 2.75) is 57.2 Å². The van der Waals surface area contributed by atoms with Gasteiger partial charge in [-0.25, -0.2) is 8.78 Å². The van der Waals surface area contributed by atoms with Crippen molar-refractivity contribution in [2.75, 3.05) is 12.4 Å². The fraction of sp³-hybridized carbons (Fsp3) is 0.458. The third-order valence-electron chi connectivity index (χ3n) is 5.82. The molecule has 0 spiro atoms. The standard InChI is InChI=1S/C24H29ClF2N2O2/c1-2-15-6-7-17-4-3-5-21(20(17)10-15)28-14-23(30)22(29-24(31)13-25)11-16-8-18(26)12-19(27)9-16/h6-10,12,21-23,28,30H,2-5,11,13-14H2,1H3,(H,29,31)/t21-,22-,23-/m0/s1. The van der Waals surface area contributed by atoms with Crippen LogP contribution in [0, 0.1) is 11.6 Å². The van der Waals surface area contributed by atoms with Gasteiger partial charge >= 0.3 is 0 Å². The van der Waals surface area contributed by atoms with Gasteiger partial charge in [0.15, 0.2) is 0 Å². The van der Waals surface area contributed by atoms with Crippen LogP contribution in [0.2, 0.25) is 0 Å². The highest BCUT2D eigenvalue weighted by atomic mass is 35.5. The number of rotatable bonds is 9. The van der Waals surface area contributed by atoms with Crippen molar-refractivity contribution in [2.24, 2.45) is 0 Å². The quantitative estimate of drug-likeness (QED) is 0.509. The molecule has 0 aliphatic heterocycles. The summed E-state index contributed by atoms with van der Waals surface area (Å²) >= 11 is 5.61. The van der Waals surface area contributed by atoms with Crippen molar-refractivity contribution >= 4 is 17.5 Å². The van der Waals surface area contributed by atoms with Crippen LogP contribution in [-0.2, 0) is 24.1 Å². The fourth-order valence-electron chi connectivity index (χ4n) is 4.20.